The fourth-order valence-corrected chi connectivity index (χ4v) is 1.96. The van der Waals surface area contributed by atoms with Gasteiger partial charge < -0.3 is 9.84 Å². The first-order chi connectivity index (χ1) is 8.47. The standard InChI is InChI=1S/C12H14N2O4/c1-4-18-12(17)9-10(15)13-8-5-6(2)7(3)14(8)11(9)16/h15H,4-5H2,1-3H3. The van der Waals surface area contributed by atoms with Crippen LogP contribution in [0.1, 0.15) is 37.0 Å². The van der Waals surface area contributed by atoms with Gasteiger partial charge in [0.25, 0.3) is 5.56 Å². The van der Waals surface area contributed by atoms with Crippen molar-refractivity contribution in [3.05, 3.63) is 27.3 Å². The quantitative estimate of drug-likeness (QED) is 0.790. The summed E-state index contributed by atoms with van der Waals surface area (Å²) in [5.41, 5.74) is 0.744. The summed E-state index contributed by atoms with van der Waals surface area (Å²) in [6, 6.07) is 0. The van der Waals surface area contributed by atoms with Crippen molar-refractivity contribution < 1.29 is 14.6 Å². The van der Waals surface area contributed by atoms with Gasteiger partial charge in [0.05, 0.1) is 6.61 Å². The number of fused-ring (bicyclic) bond motifs is 1. The maximum atomic E-state index is 12.2. The molecule has 96 valence electrons. The number of aromatic hydroxyl groups is 1. The third-order valence-electron chi connectivity index (χ3n) is 2.99. The lowest BCUT2D eigenvalue weighted by Crippen LogP contribution is -2.28. The van der Waals surface area contributed by atoms with Gasteiger partial charge >= 0.3 is 5.97 Å². The van der Waals surface area contributed by atoms with Crippen LogP contribution in [0.3, 0.4) is 0 Å². The molecule has 6 nitrogen and oxygen atoms in total. The second kappa shape index (κ2) is 4.29. The Morgan fingerprint density at radius 1 is 1.50 bits per heavy atom. The van der Waals surface area contributed by atoms with E-state index in [1.165, 1.54) is 4.57 Å². The number of allylic oxidation sites excluding steroid dienone is 2. The molecule has 0 bridgehead atoms. The third kappa shape index (κ3) is 1.70. The molecule has 0 saturated heterocycles. The molecule has 1 aromatic heterocycles. The van der Waals surface area contributed by atoms with Gasteiger partial charge in [0.2, 0.25) is 5.88 Å². The first-order valence-corrected chi connectivity index (χ1v) is 5.66. The molecule has 0 saturated carbocycles. The van der Waals surface area contributed by atoms with E-state index in [4.69, 9.17) is 4.74 Å². The summed E-state index contributed by atoms with van der Waals surface area (Å²) in [5.74, 6) is -0.965. The third-order valence-corrected chi connectivity index (χ3v) is 2.99. The zero-order chi connectivity index (χ0) is 13.4. The van der Waals surface area contributed by atoms with Crippen molar-refractivity contribution in [1.29, 1.82) is 0 Å². The molecule has 2 rings (SSSR count). The lowest BCUT2D eigenvalue weighted by Gasteiger charge is -2.08. The Hall–Kier alpha value is -2.11. The Kier molecular flexibility index (Phi) is 2.94. The molecule has 0 atom stereocenters. The van der Waals surface area contributed by atoms with Gasteiger partial charge in [-0.15, -0.1) is 0 Å². The highest BCUT2D eigenvalue weighted by molar-refractivity contribution is 5.91. The Morgan fingerprint density at radius 3 is 2.78 bits per heavy atom. The summed E-state index contributed by atoms with van der Waals surface area (Å²) in [4.78, 5) is 27.7. The van der Waals surface area contributed by atoms with E-state index in [1.807, 2.05) is 6.92 Å². The lowest BCUT2D eigenvalue weighted by atomic mass is 10.2. The van der Waals surface area contributed by atoms with E-state index in [-0.39, 0.29) is 6.61 Å². The Morgan fingerprint density at radius 2 is 2.17 bits per heavy atom. The van der Waals surface area contributed by atoms with Gasteiger partial charge in [-0.3, -0.25) is 9.36 Å². The zero-order valence-electron chi connectivity index (χ0n) is 10.5. The van der Waals surface area contributed by atoms with Crippen LogP contribution in [0.5, 0.6) is 5.88 Å². The predicted molar refractivity (Wildman–Crippen MR) is 64.4 cm³/mol. The van der Waals surface area contributed by atoms with Gasteiger partial charge in [0.15, 0.2) is 5.56 Å². The number of aromatic nitrogens is 2. The van der Waals surface area contributed by atoms with Crippen LogP contribution in [0.15, 0.2) is 10.4 Å². The van der Waals surface area contributed by atoms with E-state index in [2.05, 4.69) is 4.98 Å². The molecule has 2 heterocycles. The Balaban J connectivity index is 2.65. The summed E-state index contributed by atoms with van der Waals surface area (Å²) in [6.07, 6.45) is 0.498. The van der Waals surface area contributed by atoms with E-state index in [0.717, 1.165) is 11.3 Å². The van der Waals surface area contributed by atoms with Gasteiger partial charge in [-0.2, -0.15) is 4.98 Å². The summed E-state index contributed by atoms with van der Waals surface area (Å²) in [7, 11) is 0. The maximum Gasteiger partial charge on any atom is 0.349 e. The Bertz CT molecular complexity index is 613. The largest absolute Gasteiger partial charge is 0.492 e. The number of hydrogen-bond acceptors (Lipinski definition) is 5. The van der Waals surface area contributed by atoms with E-state index in [9.17, 15) is 14.7 Å². The van der Waals surface area contributed by atoms with E-state index in [1.54, 1.807) is 13.8 Å². The molecule has 0 fully saturated rings. The Labute approximate surface area is 104 Å². The topological polar surface area (TPSA) is 81.4 Å². The molecule has 18 heavy (non-hydrogen) atoms. The first-order valence-electron chi connectivity index (χ1n) is 5.66. The normalized spacial score (nSPS) is 13.7. The van der Waals surface area contributed by atoms with E-state index in [0.29, 0.717) is 12.2 Å². The monoisotopic (exact) mass is 250 g/mol. The van der Waals surface area contributed by atoms with Gasteiger partial charge in [-0.05, 0) is 26.3 Å². The predicted octanol–water partition coefficient (Wildman–Crippen LogP) is 0.933. The average molecular weight is 250 g/mol. The number of hydrogen-bond donors (Lipinski definition) is 1. The smallest absolute Gasteiger partial charge is 0.349 e. The van der Waals surface area contributed by atoms with Crippen LogP contribution in [0.4, 0.5) is 0 Å². The number of nitrogens with zero attached hydrogens (tertiary/aromatic N) is 2. The lowest BCUT2D eigenvalue weighted by molar-refractivity contribution is 0.0519. The van der Waals surface area contributed by atoms with Crippen LogP contribution in [0.2, 0.25) is 0 Å². The fraction of sp³-hybridized carbons (Fsp3) is 0.417. The number of rotatable bonds is 2. The van der Waals surface area contributed by atoms with Crippen LogP contribution in [-0.4, -0.2) is 27.2 Å². The SMILES string of the molecule is CCOC(=O)c1c(O)nc2n(c1=O)C(C)=C(C)C2. The van der Waals surface area contributed by atoms with Gasteiger partial charge in [-0.25, -0.2) is 4.79 Å². The molecule has 0 spiro atoms. The molecule has 0 amide bonds. The highest BCUT2D eigenvalue weighted by Gasteiger charge is 2.27. The molecule has 0 aromatic carbocycles. The molecule has 1 N–H and O–H groups in total. The molecule has 0 unspecified atom stereocenters. The summed E-state index contributed by atoms with van der Waals surface area (Å²) in [6.45, 7) is 5.42. The number of carbonyl (C=O) groups excluding carboxylic acids is 1. The fourth-order valence-electron chi connectivity index (χ4n) is 1.96. The number of esters is 1. The minimum Gasteiger partial charge on any atom is -0.492 e. The van der Waals surface area contributed by atoms with Crippen molar-refractivity contribution in [2.24, 2.45) is 0 Å². The second-order valence-corrected chi connectivity index (χ2v) is 4.13. The summed E-state index contributed by atoms with van der Waals surface area (Å²) < 4.78 is 6.09. The van der Waals surface area contributed by atoms with Crippen molar-refractivity contribution in [2.45, 2.75) is 27.2 Å². The van der Waals surface area contributed by atoms with Crippen LogP contribution >= 0.6 is 0 Å². The van der Waals surface area contributed by atoms with Crippen molar-refractivity contribution >= 4 is 11.7 Å². The summed E-state index contributed by atoms with van der Waals surface area (Å²) >= 11 is 0. The molecule has 6 heteroatoms. The van der Waals surface area contributed by atoms with Crippen molar-refractivity contribution in [3.8, 4) is 5.88 Å². The molecule has 1 aliphatic rings. The minimum atomic E-state index is -0.847. The first kappa shape index (κ1) is 12.3. The number of carbonyl (C=O) groups is 1. The molecular weight excluding hydrogens is 236 g/mol. The maximum absolute atomic E-state index is 12.2. The van der Waals surface area contributed by atoms with Crippen LogP contribution in [0.25, 0.3) is 5.70 Å². The van der Waals surface area contributed by atoms with E-state index >= 15 is 0 Å². The van der Waals surface area contributed by atoms with E-state index < -0.39 is 23.0 Å². The highest BCUT2D eigenvalue weighted by atomic mass is 16.5. The molecule has 0 radical (unpaired) electrons. The molecule has 1 aliphatic heterocycles. The number of ether oxygens (including phenoxy) is 1. The summed E-state index contributed by atoms with van der Waals surface area (Å²) in [5, 5.41) is 9.68. The van der Waals surface area contributed by atoms with Gasteiger partial charge in [-0.1, -0.05) is 0 Å². The zero-order valence-corrected chi connectivity index (χ0v) is 10.5. The van der Waals surface area contributed by atoms with Crippen molar-refractivity contribution in [3.63, 3.8) is 0 Å². The minimum absolute atomic E-state index is 0.132. The molecule has 1 aromatic rings. The van der Waals surface area contributed by atoms with Crippen LogP contribution < -0.4 is 5.56 Å². The average Bonchev–Trinajstić information content (AvgIpc) is 2.54. The van der Waals surface area contributed by atoms with Crippen LogP contribution in [0, 0.1) is 0 Å². The van der Waals surface area contributed by atoms with Crippen LogP contribution in [-0.2, 0) is 11.2 Å². The molecular formula is C12H14N2O4. The van der Waals surface area contributed by atoms with Crippen molar-refractivity contribution in [2.75, 3.05) is 6.61 Å². The second-order valence-electron chi connectivity index (χ2n) is 4.13. The highest BCUT2D eigenvalue weighted by Crippen LogP contribution is 2.24. The van der Waals surface area contributed by atoms with Gasteiger partial charge in [0, 0.05) is 12.1 Å². The van der Waals surface area contributed by atoms with Crippen molar-refractivity contribution in [1.82, 2.24) is 9.55 Å². The molecule has 0 aliphatic carbocycles. The van der Waals surface area contributed by atoms with Gasteiger partial charge in [0.1, 0.15) is 5.82 Å².